The molecule has 0 aromatic heterocycles. The standard InChI is InChI=1S/C12H14I2O4/c1-2-3-4-5-6-12(13,14)10(8-16)9(7-15)11(17)18/h2-6H2,1H3,(H,17,18). The number of rotatable bonds is 8. The highest BCUT2D eigenvalue weighted by atomic mass is 127. The molecule has 0 bridgehead atoms. The van der Waals surface area contributed by atoms with Crippen molar-refractivity contribution in [2.45, 2.75) is 40.5 Å². The maximum atomic E-state index is 10.9. The van der Waals surface area contributed by atoms with Crippen LogP contribution in [0.2, 0.25) is 0 Å². The summed E-state index contributed by atoms with van der Waals surface area (Å²) in [7, 11) is 0. The zero-order valence-electron chi connectivity index (χ0n) is 9.96. The molecule has 0 spiro atoms. The van der Waals surface area contributed by atoms with Crippen LogP contribution in [0.4, 0.5) is 0 Å². The van der Waals surface area contributed by atoms with Crippen molar-refractivity contribution in [3.05, 3.63) is 11.1 Å². The third kappa shape index (κ3) is 5.65. The van der Waals surface area contributed by atoms with Crippen LogP contribution in [0.3, 0.4) is 0 Å². The van der Waals surface area contributed by atoms with Crippen molar-refractivity contribution >= 4 is 63.0 Å². The van der Waals surface area contributed by atoms with E-state index in [2.05, 4.69) is 6.92 Å². The van der Waals surface area contributed by atoms with Crippen LogP contribution in [-0.2, 0) is 14.4 Å². The lowest BCUT2D eigenvalue weighted by Crippen LogP contribution is -2.21. The molecule has 1 N–H and O–H groups in total. The van der Waals surface area contributed by atoms with E-state index >= 15 is 0 Å². The zero-order valence-corrected chi connectivity index (χ0v) is 14.3. The van der Waals surface area contributed by atoms with E-state index in [1.807, 2.05) is 45.2 Å². The lowest BCUT2D eigenvalue weighted by atomic mass is 10.0. The van der Waals surface area contributed by atoms with Crippen LogP contribution in [0.1, 0.15) is 39.0 Å². The van der Waals surface area contributed by atoms with Gasteiger partial charge in [-0.05, 0) is 6.42 Å². The maximum Gasteiger partial charge on any atom is 0.348 e. The van der Waals surface area contributed by atoms with Crippen molar-refractivity contribution in [2.75, 3.05) is 0 Å². The molecule has 0 aliphatic carbocycles. The fourth-order valence-electron chi connectivity index (χ4n) is 1.41. The number of hydrogen-bond acceptors (Lipinski definition) is 3. The molecule has 0 unspecified atom stereocenters. The minimum atomic E-state index is -1.44. The topological polar surface area (TPSA) is 71.4 Å². The molecule has 0 amide bonds. The molecule has 0 aliphatic rings. The zero-order chi connectivity index (χ0) is 14.2. The van der Waals surface area contributed by atoms with Gasteiger partial charge in [-0.1, -0.05) is 77.8 Å². The molecule has 100 valence electrons. The number of aliphatic carboxylic acids is 1. The first-order valence-electron chi connectivity index (χ1n) is 5.52. The highest BCUT2D eigenvalue weighted by Gasteiger charge is 2.34. The number of alkyl halides is 2. The molecule has 0 aliphatic heterocycles. The van der Waals surface area contributed by atoms with Gasteiger partial charge in [-0.3, -0.25) is 0 Å². The summed E-state index contributed by atoms with van der Waals surface area (Å²) in [5.41, 5.74) is -0.744. The Morgan fingerprint density at radius 1 is 1.17 bits per heavy atom. The molecule has 18 heavy (non-hydrogen) atoms. The fourth-order valence-corrected chi connectivity index (χ4v) is 2.93. The summed E-state index contributed by atoms with van der Waals surface area (Å²) in [6, 6.07) is 0. The highest BCUT2D eigenvalue weighted by molar-refractivity contribution is 14.2. The Kier molecular flexibility index (Phi) is 8.77. The van der Waals surface area contributed by atoms with Gasteiger partial charge in [0, 0.05) is 0 Å². The second-order valence-electron chi connectivity index (χ2n) is 3.77. The summed E-state index contributed by atoms with van der Waals surface area (Å²) in [4.78, 5) is 32.4. The molecule has 6 heteroatoms. The molecule has 0 radical (unpaired) electrons. The van der Waals surface area contributed by atoms with Crippen LogP contribution in [0.5, 0.6) is 0 Å². The van der Waals surface area contributed by atoms with Crippen LogP contribution in [0.25, 0.3) is 0 Å². The monoisotopic (exact) mass is 476 g/mol. The largest absolute Gasteiger partial charge is 0.477 e. The second kappa shape index (κ2) is 8.85. The van der Waals surface area contributed by atoms with Crippen LogP contribution in [-0.4, -0.2) is 24.4 Å². The van der Waals surface area contributed by atoms with Crippen molar-refractivity contribution in [1.82, 2.24) is 0 Å². The summed E-state index contributed by atoms with van der Waals surface area (Å²) in [6.07, 6.45) is 4.71. The van der Waals surface area contributed by atoms with E-state index < -0.39 is 13.0 Å². The number of unbranched alkanes of at least 4 members (excludes halogenated alkanes) is 3. The van der Waals surface area contributed by atoms with Crippen LogP contribution >= 0.6 is 45.2 Å². The van der Waals surface area contributed by atoms with Crippen molar-refractivity contribution in [1.29, 1.82) is 0 Å². The van der Waals surface area contributed by atoms with Gasteiger partial charge in [0.15, 0.2) is 5.57 Å². The van der Waals surface area contributed by atoms with E-state index in [1.165, 1.54) is 5.94 Å². The van der Waals surface area contributed by atoms with Crippen LogP contribution in [0, 0.1) is 0 Å². The van der Waals surface area contributed by atoms with Crippen LogP contribution < -0.4 is 0 Å². The predicted molar refractivity (Wildman–Crippen MR) is 85.6 cm³/mol. The first kappa shape index (κ1) is 17.8. The van der Waals surface area contributed by atoms with Crippen molar-refractivity contribution in [3.8, 4) is 0 Å². The predicted octanol–water partition coefficient (Wildman–Crippen LogP) is 3.12. The Labute approximate surface area is 133 Å². The van der Waals surface area contributed by atoms with E-state index in [0.717, 1.165) is 25.7 Å². The van der Waals surface area contributed by atoms with Gasteiger partial charge in [-0.15, -0.1) is 0 Å². The molecular weight excluding hydrogens is 462 g/mol. The average molecular weight is 476 g/mol. The molecular formula is C12H14I2O4. The van der Waals surface area contributed by atoms with Gasteiger partial charge in [0.2, 0.25) is 0 Å². The Hall–Kier alpha value is -0.170. The summed E-state index contributed by atoms with van der Waals surface area (Å²) >= 11 is 3.97. The van der Waals surface area contributed by atoms with Gasteiger partial charge in [0.05, 0.1) is 5.57 Å². The molecule has 4 nitrogen and oxygen atoms in total. The first-order valence-corrected chi connectivity index (χ1v) is 7.68. The molecule has 0 aromatic rings. The summed E-state index contributed by atoms with van der Waals surface area (Å²) < 4.78 is -0.726. The summed E-state index contributed by atoms with van der Waals surface area (Å²) in [6.45, 7) is 2.09. The Morgan fingerprint density at radius 3 is 2.17 bits per heavy atom. The van der Waals surface area contributed by atoms with E-state index in [9.17, 15) is 14.4 Å². The molecule has 0 heterocycles. The van der Waals surface area contributed by atoms with Crippen LogP contribution in [0.15, 0.2) is 11.1 Å². The molecule has 0 saturated heterocycles. The number of halogens is 2. The number of carbonyl (C=O) groups is 1. The third-order valence-corrected chi connectivity index (χ3v) is 4.54. The van der Waals surface area contributed by atoms with Gasteiger partial charge in [-0.2, -0.15) is 0 Å². The van der Waals surface area contributed by atoms with Gasteiger partial charge in [0.1, 0.15) is 13.3 Å². The van der Waals surface area contributed by atoms with Crippen molar-refractivity contribution < 1.29 is 19.5 Å². The normalized spacial score (nSPS) is 10.4. The van der Waals surface area contributed by atoms with Gasteiger partial charge in [0.25, 0.3) is 0 Å². The number of hydrogen-bond donors (Lipinski definition) is 1. The van der Waals surface area contributed by atoms with Gasteiger partial charge < -0.3 is 5.11 Å². The molecule has 0 atom stereocenters. The Bertz CT molecular complexity index is 402. The van der Waals surface area contributed by atoms with Crippen molar-refractivity contribution in [2.24, 2.45) is 0 Å². The second-order valence-corrected chi connectivity index (χ2v) is 9.52. The molecule has 0 saturated carbocycles. The van der Waals surface area contributed by atoms with Gasteiger partial charge >= 0.3 is 5.97 Å². The van der Waals surface area contributed by atoms with E-state index in [1.54, 1.807) is 5.94 Å². The lowest BCUT2D eigenvalue weighted by Gasteiger charge is -2.20. The Balaban J connectivity index is 4.89. The minimum Gasteiger partial charge on any atom is -0.477 e. The highest BCUT2D eigenvalue weighted by Crippen LogP contribution is 2.42. The third-order valence-electron chi connectivity index (χ3n) is 2.38. The number of carboxylic acid groups (broad SMARTS) is 1. The average Bonchev–Trinajstić information content (AvgIpc) is 2.30. The number of carbonyl (C=O) groups excluding carboxylic acids is 2. The summed E-state index contributed by atoms with van der Waals surface area (Å²) in [5, 5.41) is 8.84. The molecule has 0 aromatic carbocycles. The SMILES string of the molecule is CCCCCCC(I)(I)C(=C=O)C(=C=O)C(=O)O. The van der Waals surface area contributed by atoms with Gasteiger partial charge in [-0.25, -0.2) is 14.4 Å². The summed E-state index contributed by atoms with van der Waals surface area (Å²) in [5.74, 6) is 1.47. The van der Waals surface area contributed by atoms with E-state index in [-0.39, 0.29) is 5.57 Å². The minimum absolute atomic E-state index is 0.123. The molecule has 0 rings (SSSR count). The maximum absolute atomic E-state index is 10.9. The quantitative estimate of drug-likeness (QED) is 0.146. The van der Waals surface area contributed by atoms with Crippen molar-refractivity contribution in [3.63, 3.8) is 0 Å². The molecule has 0 fully saturated rings. The number of carboxylic acids is 1. The van der Waals surface area contributed by atoms with E-state index in [0.29, 0.717) is 6.42 Å². The first-order chi connectivity index (χ1) is 8.40. The fraction of sp³-hybridized carbons (Fsp3) is 0.583. The smallest absolute Gasteiger partial charge is 0.348 e. The van der Waals surface area contributed by atoms with E-state index in [4.69, 9.17) is 5.11 Å². The Morgan fingerprint density at radius 2 is 1.78 bits per heavy atom. The lowest BCUT2D eigenvalue weighted by molar-refractivity contribution is -0.132.